The molecular weight excluding hydrogens is 375 g/mol. The molecule has 2 fully saturated rings. The first-order valence-electron chi connectivity index (χ1n) is 11.3. The minimum atomic E-state index is -0.153. The highest BCUT2D eigenvalue weighted by Gasteiger charge is 2.49. The van der Waals surface area contributed by atoms with Crippen molar-refractivity contribution in [3.05, 3.63) is 65.1 Å². The Hall–Kier alpha value is -2.33. The van der Waals surface area contributed by atoms with E-state index in [9.17, 15) is 9.50 Å². The number of phenolic OH excluding ortho intramolecular Hbond substituents is 1. The molecule has 0 bridgehead atoms. The van der Waals surface area contributed by atoms with Crippen LogP contribution >= 0.6 is 0 Å². The number of halogens is 1. The molecule has 2 unspecified atom stereocenters. The van der Waals surface area contributed by atoms with E-state index in [1.54, 1.807) is 18.2 Å². The van der Waals surface area contributed by atoms with Gasteiger partial charge in [-0.15, -0.1) is 0 Å². The van der Waals surface area contributed by atoms with Crippen molar-refractivity contribution in [3.63, 3.8) is 0 Å². The molecular formula is C26H29FN2O. The number of phenols is 1. The van der Waals surface area contributed by atoms with Gasteiger partial charge < -0.3 is 14.6 Å². The van der Waals surface area contributed by atoms with Crippen molar-refractivity contribution in [1.82, 2.24) is 9.47 Å². The van der Waals surface area contributed by atoms with E-state index in [0.717, 1.165) is 49.2 Å². The van der Waals surface area contributed by atoms with E-state index in [-0.39, 0.29) is 11.2 Å². The maximum Gasteiger partial charge on any atom is 0.123 e. The molecule has 3 aliphatic rings. The molecule has 1 aliphatic heterocycles. The van der Waals surface area contributed by atoms with Crippen LogP contribution in [0.15, 0.2) is 42.5 Å². The van der Waals surface area contributed by atoms with Crippen molar-refractivity contribution in [2.75, 3.05) is 19.6 Å². The number of piperidine rings is 1. The number of hydrogen-bond donors (Lipinski definition) is 1. The molecule has 3 aromatic rings. The smallest absolute Gasteiger partial charge is 0.123 e. The van der Waals surface area contributed by atoms with Crippen LogP contribution in [0, 0.1) is 17.7 Å². The third-order valence-corrected chi connectivity index (χ3v) is 8.10. The Labute approximate surface area is 177 Å². The molecule has 6 rings (SSSR count). The maximum absolute atomic E-state index is 14.1. The van der Waals surface area contributed by atoms with E-state index in [1.807, 2.05) is 18.2 Å². The van der Waals surface area contributed by atoms with Gasteiger partial charge in [0, 0.05) is 42.1 Å². The Morgan fingerprint density at radius 1 is 1.17 bits per heavy atom. The molecule has 2 aliphatic carbocycles. The van der Waals surface area contributed by atoms with E-state index in [2.05, 4.69) is 22.6 Å². The Balaban J connectivity index is 1.48. The molecule has 0 amide bonds. The predicted octanol–water partition coefficient (Wildman–Crippen LogP) is 4.79. The number of nitrogens with zero attached hydrogens (tertiary/aromatic N) is 2. The van der Waals surface area contributed by atoms with Crippen LogP contribution in [0.1, 0.15) is 36.1 Å². The molecule has 0 spiro atoms. The van der Waals surface area contributed by atoms with Gasteiger partial charge in [-0.2, -0.15) is 0 Å². The normalized spacial score (nSPS) is 26.5. The highest BCUT2D eigenvalue weighted by molar-refractivity contribution is 5.86. The minimum Gasteiger partial charge on any atom is -0.508 e. The first-order chi connectivity index (χ1) is 14.5. The van der Waals surface area contributed by atoms with Crippen LogP contribution in [0.5, 0.6) is 5.75 Å². The van der Waals surface area contributed by atoms with Gasteiger partial charge in [0.25, 0.3) is 0 Å². The fraction of sp³-hybridized carbons (Fsp3) is 0.462. The highest BCUT2D eigenvalue weighted by atomic mass is 19.1. The molecule has 1 saturated heterocycles. The Bertz CT molecular complexity index is 1130. The summed E-state index contributed by atoms with van der Waals surface area (Å²) in [7, 11) is 2.12. The van der Waals surface area contributed by atoms with E-state index < -0.39 is 0 Å². The molecule has 2 atom stereocenters. The summed E-state index contributed by atoms with van der Waals surface area (Å²) in [5.74, 6) is 1.57. The maximum atomic E-state index is 14.1. The number of rotatable bonds is 3. The van der Waals surface area contributed by atoms with Crippen LogP contribution in [0.4, 0.5) is 4.39 Å². The number of hydrogen-bond acceptors (Lipinski definition) is 2. The van der Waals surface area contributed by atoms with E-state index >= 15 is 0 Å². The minimum absolute atomic E-state index is 0.0342. The second-order valence-electron chi connectivity index (χ2n) is 9.88. The summed E-state index contributed by atoms with van der Waals surface area (Å²) in [6.45, 7) is 3.44. The van der Waals surface area contributed by atoms with Gasteiger partial charge in [0.1, 0.15) is 11.6 Å². The van der Waals surface area contributed by atoms with Crippen LogP contribution in [-0.2, 0) is 25.3 Å². The van der Waals surface area contributed by atoms with Gasteiger partial charge in [-0.3, -0.25) is 0 Å². The van der Waals surface area contributed by atoms with Gasteiger partial charge in [0.15, 0.2) is 0 Å². The molecule has 2 heterocycles. The third kappa shape index (κ3) is 2.80. The lowest BCUT2D eigenvalue weighted by Gasteiger charge is -2.51. The molecule has 30 heavy (non-hydrogen) atoms. The Morgan fingerprint density at radius 2 is 2.03 bits per heavy atom. The number of benzene rings is 2. The number of likely N-dealkylation sites (tertiary alicyclic amines) is 1. The third-order valence-electron chi connectivity index (χ3n) is 8.10. The molecule has 1 saturated carbocycles. The molecule has 4 heteroatoms. The fourth-order valence-electron chi connectivity index (χ4n) is 6.31. The molecule has 1 N–H and O–H groups in total. The average Bonchev–Trinajstić information content (AvgIpc) is 3.52. The van der Waals surface area contributed by atoms with Crippen LogP contribution in [-0.4, -0.2) is 34.2 Å². The largest absolute Gasteiger partial charge is 0.508 e. The van der Waals surface area contributed by atoms with Crippen molar-refractivity contribution in [1.29, 1.82) is 0 Å². The van der Waals surface area contributed by atoms with Crippen LogP contribution < -0.4 is 0 Å². The summed E-state index contributed by atoms with van der Waals surface area (Å²) in [6, 6.07) is 13.2. The lowest BCUT2D eigenvalue weighted by molar-refractivity contribution is 0.0776. The Kier molecular flexibility index (Phi) is 4.05. The van der Waals surface area contributed by atoms with Crippen LogP contribution in [0.25, 0.3) is 10.9 Å². The van der Waals surface area contributed by atoms with Crippen LogP contribution in [0.2, 0.25) is 0 Å². The second-order valence-corrected chi connectivity index (χ2v) is 9.88. The van der Waals surface area contributed by atoms with Crippen LogP contribution in [0.3, 0.4) is 0 Å². The van der Waals surface area contributed by atoms with Gasteiger partial charge >= 0.3 is 0 Å². The fourth-order valence-corrected chi connectivity index (χ4v) is 6.31. The number of aromatic nitrogens is 1. The topological polar surface area (TPSA) is 28.4 Å². The first-order valence-corrected chi connectivity index (χ1v) is 11.3. The van der Waals surface area contributed by atoms with Gasteiger partial charge in [-0.05, 0) is 91.9 Å². The van der Waals surface area contributed by atoms with Crippen molar-refractivity contribution in [2.24, 2.45) is 18.9 Å². The monoisotopic (exact) mass is 404 g/mol. The zero-order chi connectivity index (χ0) is 20.5. The summed E-state index contributed by atoms with van der Waals surface area (Å²) in [5.41, 5.74) is 5.10. The van der Waals surface area contributed by atoms with Crippen molar-refractivity contribution < 1.29 is 9.50 Å². The van der Waals surface area contributed by atoms with E-state index in [0.29, 0.717) is 11.7 Å². The SMILES string of the molecule is Cn1c2c(c3cc(F)ccc31)CC1CN(CC3CC3)CCC1(c1cccc(O)c1)C2. The van der Waals surface area contributed by atoms with E-state index in [1.165, 1.54) is 36.2 Å². The number of aryl methyl sites for hydroxylation is 1. The standard InChI is InChI=1S/C26H29FN2O/c1-28-24-8-7-20(27)13-23(24)22-12-19-16-29(15-17-5-6-17)10-9-26(19,14-25(22)28)18-3-2-4-21(30)11-18/h2-4,7-8,11,13,17,19,30H,5-6,9-10,12,14-16H2,1H3. The molecule has 3 nitrogen and oxygen atoms in total. The summed E-state index contributed by atoms with van der Waals surface area (Å²) in [4.78, 5) is 2.67. The molecule has 156 valence electrons. The predicted molar refractivity (Wildman–Crippen MR) is 117 cm³/mol. The number of aromatic hydroxyl groups is 1. The van der Waals surface area contributed by atoms with Gasteiger partial charge in [0.05, 0.1) is 0 Å². The second kappa shape index (κ2) is 6.58. The quantitative estimate of drug-likeness (QED) is 0.680. The first kappa shape index (κ1) is 18.4. The Morgan fingerprint density at radius 3 is 2.83 bits per heavy atom. The summed E-state index contributed by atoms with van der Waals surface area (Å²) in [5, 5.41) is 11.3. The average molecular weight is 405 g/mol. The van der Waals surface area contributed by atoms with Gasteiger partial charge in [-0.1, -0.05) is 12.1 Å². The molecule has 0 radical (unpaired) electrons. The van der Waals surface area contributed by atoms with Gasteiger partial charge in [-0.25, -0.2) is 4.39 Å². The zero-order valence-corrected chi connectivity index (χ0v) is 17.6. The van der Waals surface area contributed by atoms with Crippen molar-refractivity contribution in [3.8, 4) is 5.75 Å². The highest BCUT2D eigenvalue weighted by Crippen LogP contribution is 2.50. The molecule has 1 aromatic heterocycles. The molecule has 2 aromatic carbocycles. The summed E-state index contributed by atoms with van der Waals surface area (Å²) >= 11 is 0. The summed E-state index contributed by atoms with van der Waals surface area (Å²) in [6.07, 6.45) is 5.81. The lowest BCUT2D eigenvalue weighted by Crippen LogP contribution is -2.54. The summed E-state index contributed by atoms with van der Waals surface area (Å²) < 4.78 is 16.4. The lowest BCUT2D eigenvalue weighted by atomic mass is 9.58. The van der Waals surface area contributed by atoms with Gasteiger partial charge in [0.2, 0.25) is 0 Å². The zero-order valence-electron chi connectivity index (χ0n) is 17.6. The van der Waals surface area contributed by atoms with Crippen molar-refractivity contribution >= 4 is 10.9 Å². The van der Waals surface area contributed by atoms with Crippen molar-refractivity contribution in [2.45, 2.75) is 37.5 Å². The van der Waals surface area contributed by atoms with E-state index in [4.69, 9.17) is 0 Å². The number of fused-ring (bicyclic) bond motifs is 4.